The van der Waals surface area contributed by atoms with Crippen molar-refractivity contribution in [3.8, 4) is 0 Å². The molecule has 2 N–H and O–H groups in total. The van der Waals surface area contributed by atoms with E-state index in [1.165, 1.54) is 18.5 Å². The normalized spacial score (nSPS) is 10.6. The van der Waals surface area contributed by atoms with E-state index in [1.807, 2.05) is 24.3 Å². The lowest BCUT2D eigenvalue weighted by Crippen LogP contribution is -2.15. The summed E-state index contributed by atoms with van der Waals surface area (Å²) >= 11 is 0. The fraction of sp³-hybridized carbons (Fsp3) is 0.150. The highest BCUT2D eigenvalue weighted by Gasteiger charge is 2.12. The van der Waals surface area contributed by atoms with Crippen LogP contribution < -0.4 is 10.6 Å². The molecule has 0 spiro atoms. The number of carbonyl (C=O) groups is 1. The van der Waals surface area contributed by atoms with Gasteiger partial charge in [-0.3, -0.25) is 4.79 Å². The minimum absolute atomic E-state index is 0.183. The molecule has 0 aliphatic carbocycles. The van der Waals surface area contributed by atoms with Crippen LogP contribution in [0.1, 0.15) is 35.8 Å². The van der Waals surface area contributed by atoms with E-state index in [2.05, 4.69) is 34.4 Å². The standard InChI is InChI=1S/C20H19FN4O/c1-13(2)14-7-3-5-9-16(14)25-20(26)18-11-23-19(12-22-18)24-17-10-6-4-8-15(17)21/h3-13H,1-2H3,(H,23,24)(H,25,26). The zero-order chi connectivity index (χ0) is 18.5. The van der Waals surface area contributed by atoms with Gasteiger partial charge in [0, 0.05) is 5.69 Å². The summed E-state index contributed by atoms with van der Waals surface area (Å²) in [7, 11) is 0. The summed E-state index contributed by atoms with van der Waals surface area (Å²) < 4.78 is 13.7. The van der Waals surface area contributed by atoms with Gasteiger partial charge in [0.2, 0.25) is 0 Å². The smallest absolute Gasteiger partial charge is 0.275 e. The molecule has 6 heteroatoms. The molecule has 1 aromatic heterocycles. The Morgan fingerprint density at radius 2 is 1.65 bits per heavy atom. The number of benzene rings is 2. The lowest BCUT2D eigenvalue weighted by atomic mass is 10.0. The lowest BCUT2D eigenvalue weighted by molar-refractivity contribution is 0.102. The maximum atomic E-state index is 13.7. The quantitative estimate of drug-likeness (QED) is 0.698. The molecule has 0 fully saturated rings. The number of aromatic nitrogens is 2. The van der Waals surface area contributed by atoms with Gasteiger partial charge in [0.15, 0.2) is 0 Å². The lowest BCUT2D eigenvalue weighted by Gasteiger charge is -2.13. The second-order valence-corrected chi connectivity index (χ2v) is 6.09. The van der Waals surface area contributed by atoms with E-state index in [0.717, 1.165) is 11.3 Å². The SMILES string of the molecule is CC(C)c1ccccc1NC(=O)c1cnc(Nc2ccccc2F)cn1. The average Bonchev–Trinajstić information content (AvgIpc) is 2.64. The third kappa shape index (κ3) is 4.03. The number of halogens is 1. The monoisotopic (exact) mass is 350 g/mol. The van der Waals surface area contributed by atoms with E-state index in [0.29, 0.717) is 11.5 Å². The Hall–Kier alpha value is -3.28. The van der Waals surface area contributed by atoms with Crippen LogP contribution in [0.4, 0.5) is 21.6 Å². The van der Waals surface area contributed by atoms with Crippen LogP contribution in [0.2, 0.25) is 0 Å². The van der Waals surface area contributed by atoms with Gasteiger partial charge < -0.3 is 10.6 Å². The molecule has 0 atom stereocenters. The van der Waals surface area contributed by atoms with Crippen LogP contribution in [-0.4, -0.2) is 15.9 Å². The molecule has 5 nitrogen and oxygen atoms in total. The highest BCUT2D eigenvalue weighted by Crippen LogP contribution is 2.24. The predicted octanol–water partition coefficient (Wildman–Crippen LogP) is 4.74. The Bertz CT molecular complexity index is 910. The summed E-state index contributed by atoms with van der Waals surface area (Å²) in [4.78, 5) is 20.7. The van der Waals surface area contributed by atoms with Crippen LogP contribution in [0.25, 0.3) is 0 Å². The van der Waals surface area contributed by atoms with Crippen molar-refractivity contribution in [3.63, 3.8) is 0 Å². The van der Waals surface area contributed by atoms with E-state index < -0.39 is 0 Å². The van der Waals surface area contributed by atoms with Gasteiger partial charge in [0.1, 0.15) is 17.3 Å². The fourth-order valence-corrected chi connectivity index (χ4v) is 2.51. The maximum absolute atomic E-state index is 13.7. The van der Waals surface area contributed by atoms with Crippen molar-refractivity contribution in [1.29, 1.82) is 0 Å². The minimum atomic E-state index is -0.388. The molecule has 26 heavy (non-hydrogen) atoms. The number of para-hydroxylation sites is 2. The fourth-order valence-electron chi connectivity index (χ4n) is 2.51. The zero-order valence-corrected chi connectivity index (χ0v) is 14.5. The molecule has 0 bridgehead atoms. The van der Waals surface area contributed by atoms with Crippen LogP contribution >= 0.6 is 0 Å². The van der Waals surface area contributed by atoms with Crippen LogP contribution in [0.15, 0.2) is 60.9 Å². The molecular weight excluding hydrogens is 331 g/mol. The van der Waals surface area contributed by atoms with Gasteiger partial charge in [-0.25, -0.2) is 14.4 Å². The first-order chi connectivity index (χ1) is 12.5. The van der Waals surface area contributed by atoms with Crippen molar-refractivity contribution in [3.05, 3.63) is 78.0 Å². The molecule has 0 saturated carbocycles. The van der Waals surface area contributed by atoms with E-state index in [-0.39, 0.29) is 23.3 Å². The summed E-state index contributed by atoms with van der Waals surface area (Å²) in [6.07, 6.45) is 2.76. The summed E-state index contributed by atoms with van der Waals surface area (Å²) in [5.74, 6) is -0.0939. The third-order valence-corrected chi connectivity index (χ3v) is 3.85. The van der Waals surface area contributed by atoms with Crippen molar-refractivity contribution in [2.24, 2.45) is 0 Å². The molecule has 1 heterocycles. The summed E-state index contributed by atoms with van der Waals surface area (Å²) in [5, 5.41) is 5.70. The average molecular weight is 350 g/mol. The Morgan fingerprint density at radius 3 is 2.31 bits per heavy atom. The molecule has 0 radical (unpaired) electrons. The highest BCUT2D eigenvalue weighted by atomic mass is 19.1. The van der Waals surface area contributed by atoms with E-state index in [9.17, 15) is 9.18 Å². The Balaban J connectivity index is 1.73. The second kappa shape index (κ2) is 7.74. The third-order valence-electron chi connectivity index (χ3n) is 3.85. The highest BCUT2D eigenvalue weighted by molar-refractivity contribution is 6.03. The van der Waals surface area contributed by atoms with Crippen LogP contribution in [0.5, 0.6) is 0 Å². The van der Waals surface area contributed by atoms with Crippen molar-refractivity contribution in [2.45, 2.75) is 19.8 Å². The first-order valence-corrected chi connectivity index (χ1v) is 8.28. The molecule has 2 aromatic carbocycles. The van der Waals surface area contributed by atoms with Crippen LogP contribution in [-0.2, 0) is 0 Å². The maximum Gasteiger partial charge on any atom is 0.275 e. The molecule has 3 aromatic rings. The zero-order valence-electron chi connectivity index (χ0n) is 14.5. The summed E-state index contributed by atoms with van der Waals surface area (Å²) in [6, 6.07) is 13.9. The van der Waals surface area contributed by atoms with Crippen molar-refractivity contribution in [1.82, 2.24) is 9.97 Å². The number of carbonyl (C=O) groups excluding carboxylic acids is 1. The first-order valence-electron chi connectivity index (χ1n) is 8.28. The van der Waals surface area contributed by atoms with Crippen molar-refractivity contribution < 1.29 is 9.18 Å². The molecule has 0 aliphatic heterocycles. The van der Waals surface area contributed by atoms with Gasteiger partial charge in [0.25, 0.3) is 5.91 Å². The Morgan fingerprint density at radius 1 is 0.962 bits per heavy atom. The largest absolute Gasteiger partial charge is 0.337 e. The Kier molecular flexibility index (Phi) is 5.22. The van der Waals surface area contributed by atoms with Crippen molar-refractivity contribution in [2.75, 3.05) is 10.6 Å². The molecule has 1 amide bonds. The van der Waals surface area contributed by atoms with Gasteiger partial charge in [-0.1, -0.05) is 44.2 Å². The second-order valence-electron chi connectivity index (χ2n) is 6.09. The number of nitrogens with one attached hydrogen (secondary N) is 2. The van der Waals surface area contributed by atoms with E-state index in [4.69, 9.17) is 0 Å². The van der Waals surface area contributed by atoms with Gasteiger partial charge in [0.05, 0.1) is 18.1 Å². The number of rotatable bonds is 5. The van der Waals surface area contributed by atoms with Crippen LogP contribution in [0.3, 0.4) is 0 Å². The van der Waals surface area contributed by atoms with Gasteiger partial charge in [-0.15, -0.1) is 0 Å². The molecule has 0 unspecified atom stereocenters. The topological polar surface area (TPSA) is 66.9 Å². The number of hydrogen-bond donors (Lipinski definition) is 2. The predicted molar refractivity (Wildman–Crippen MR) is 100 cm³/mol. The summed E-state index contributed by atoms with van der Waals surface area (Å²) in [5.41, 5.74) is 2.28. The van der Waals surface area contributed by atoms with Gasteiger partial charge in [-0.05, 0) is 29.7 Å². The number of amides is 1. The Labute approximate surface area is 151 Å². The number of anilines is 3. The molecule has 132 valence electrons. The molecular formula is C20H19FN4O. The first kappa shape index (κ1) is 17.5. The minimum Gasteiger partial charge on any atom is -0.337 e. The van der Waals surface area contributed by atoms with Gasteiger partial charge in [-0.2, -0.15) is 0 Å². The summed E-state index contributed by atoms with van der Waals surface area (Å²) in [6.45, 7) is 4.13. The van der Waals surface area contributed by atoms with Gasteiger partial charge >= 0.3 is 0 Å². The van der Waals surface area contributed by atoms with E-state index in [1.54, 1.807) is 18.2 Å². The van der Waals surface area contributed by atoms with Crippen LogP contribution in [0, 0.1) is 5.82 Å². The van der Waals surface area contributed by atoms with E-state index >= 15 is 0 Å². The number of nitrogens with zero attached hydrogens (tertiary/aromatic N) is 2. The molecule has 3 rings (SSSR count). The van der Waals surface area contributed by atoms with Crippen molar-refractivity contribution >= 4 is 23.1 Å². The molecule has 0 saturated heterocycles. The molecule has 0 aliphatic rings. The number of hydrogen-bond acceptors (Lipinski definition) is 4.